The number of Topliss-reactive ketones (excluding diaryl/α,β-unsaturated/α-hetero) is 1. The van der Waals surface area contributed by atoms with E-state index in [1.165, 1.54) is 6.92 Å². The highest BCUT2D eigenvalue weighted by Crippen LogP contribution is 2.25. The number of hydrogen-bond acceptors (Lipinski definition) is 4. The zero-order valence-corrected chi connectivity index (χ0v) is 12.5. The number of ketones is 1. The van der Waals surface area contributed by atoms with Crippen molar-refractivity contribution in [3.05, 3.63) is 29.3 Å². The molecule has 0 saturated carbocycles. The first-order chi connectivity index (χ1) is 10.0. The molecule has 1 N–H and O–H groups in total. The molecule has 1 atom stereocenters. The standard InChI is InChI=1S/C16H21NO4/c1-11(18)12-5-6-15(21-2)14(8-12)10-17-7-3-4-13(9-17)16(19)20/h5-6,8,13H,3-4,7,9-10H2,1-2H3,(H,19,20). The minimum Gasteiger partial charge on any atom is -0.496 e. The number of hydrogen-bond donors (Lipinski definition) is 1. The van der Waals surface area contributed by atoms with Gasteiger partial charge in [-0.1, -0.05) is 0 Å². The number of carboxylic acid groups (broad SMARTS) is 1. The van der Waals surface area contributed by atoms with Crippen molar-refractivity contribution in [2.75, 3.05) is 20.2 Å². The van der Waals surface area contributed by atoms with Crippen molar-refractivity contribution < 1.29 is 19.4 Å². The highest BCUT2D eigenvalue weighted by atomic mass is 16.5. The second-order valence-corrected chi connectivity index (χ2v) is 5.50. The van der Waals surface area contributed by atoms with Gasteiger partial charge in [0.05, 0.1) is 13.0 Å². The summed E-state index contributed by atoms with van der Waals surface area (Å²) in [5.74, 6) is -0.289. The number of benzene rings is 1. The van der Waals surface area contributed by atoms with Crippen molar-refractivity contribution in [1.82, 2.24) is 4.90 Å². The third-order valence-corrected chi connectivity index (χ3v) is 3.94. The number of nitrogens with zero attached hydrogens (tertiary/aromatic N) is 1. The third kappa shape index (κ3) is 3.82. The molecule has 0 amide bonds. The summed E-state index contributed by atoms with van der Waals surface area (Å²) in [5, 5.41) is 9.14. The molecular weight excluding hydrogens is 270 g/mol. The molecule has 2 rings (SSSR count). The Kier molecular flexibility index (Phi) is 4.96. The summed E-state index contributed by atoms with van der Waals surface area (Å²) in [6.45, 7) is 3.56. The highest BCUT2D eigenvalue weighted by molar-refractivity contribution is 5.94. The fraction of sp³-hybridized carbons (Fsp3) is 0.500. The fourth-order valence-corrected chi connectivity index (χ4v) is 2.76. The second-order valence-electron chi connectivity index (χ2n) is 5.50. The molecule has 0 radical (unpaired) electrons. The van der Waals surface area contributed by atoms with Crippen molar-refractivity contribution in [2.24, 2.45) is 5.92 Å². The van der Waals surface area contributed by atoms with Crippen molar-refractivity contribution in [2.45, 2.75) is 26.3 Å². The Morgan fingerprint density at radius 2 is 2.19 bits per heavy atom. The largest absolute Gasteiger partial charge is 0.496 e. The van der Waals surface area contributed by atoms with Gasteiger partial charge in [0.2, 0.25) is 0 Å². The third-order valence-electron chi connectivity index (χ3n) is 3.94. The zero-order valence-electron chi connectivity index (χ0n) is 12.5. The summed E-state index contributed by atoms with van der Waals surface area (Å²) in [7, 11) is 1.60. The van der Waals surface area contributed by atoms with Gasteiger partial charge in [-0.05, 0) is 44.5 Å². The van der Waals surface area contributed by atoms with Crippen LogP contribution in [0.5, 0.6) is 5.75 Å². The predicted molar refractivity (Wildman–Crippen MR) is 78.6 cm³/mol. The summed E-state index contributed by atoms with van der Waals surface area (Å²) in [5.41, 5.74) is 1.58. The predicted octanol–water partition coefficient (Wildman–Crippen LogP) is 2.19. The molecule has 1 unspecified atom stereocenters. The van der Waals surface area contributed by atoms with Crippen LogP contribution in [0.3, 0.4) is 0 Å². The van der Waals surface area contributed by atoms with Gasteiger partial charge in [-0.2, -0.15) is 0 Å². The number of piperidine rings is 1. The average molecular weight is 291 g/mol. The first kappa shape index (κ1) is 15.5. The molecule has 0 aromatic heterocycles. The topological polar surface area (TPSA) is 66.8 Å². The molecule has 0 aliphatic carbocycles. The van der Waals surface area contributed by atoms with Gasteiger partial charge in [-0.25, -0.2) is 0 Å². The number of rotatable bonds is 5. The van der Waals surface area contributed by atoms with E-state index < -0.39 is 5.97 Å². The highest BCUT2D eigenvalue weighted by Gasteiger charge is 2.25. The lowest BCUT2D eigenvalue weighted by atomic mass is 9.97. The average Bonchev–Trinajstić information content (AvgIpc) is 2.47. The zero-order chi connectivity index (χ0) is 15.4. The van der Waals surface area contributed by atoms with Gasteiger partial charge in [0.15, 0.2) is 5.78 Å². The van der Waals surface area contributed by atoms with E-state index in [0.29, 0.717) is 18.7 Å². The molecule has 0 bridgehead atoms. The van der Waals surface area contributed by atoms with Crippen LogP contribution in [0, 0.1) is 5.92 Å². The van der Waals surface area contributed by atoms with Gasteiger partial charge in [0.25, 0.3) is 0 Å². The van der Waals surface area contributed by atoms with Crippen LogP contribution in [0.15, 0.2) is 18.2 Å². The van der Waals surface area contributed by atoms with Crippen LogP contribution >= 0.6 is 0 Å². The van der Waals surface area contributed by atoms with Crippen LogP contribution in [0.2, 0.25) is 0 Å². The summed E-state index contributed by atoms with van der Waals surface area (Å²) in [6.07, 6.45) is 1.61. The van der Waals surface area contributed by atoms with Crippen LogP contribution in [0.25, 0.3) is 0 Å². The van der Waals surface area contributed by atoms with Gasteiger partial charge in [0.1, 0.15) is 5.75 Å². The summed E-state index contributed by atoms with van der Waals surface area (Å²) >= 11 is 0. The van der Waals surface area contributed by atoms with E-state index in [1.54, 1.807) is 19.2 Å². The minimum absolute atomic E-state index is 0.0148. The number of carboxylic acids is 1. The first-order valence-corrected chi connectivity index (χ1v) is 7.14. The Morgan fingerprint density at radius 1 is 1.43 bits per heavy atom. The first-order valence-electron chi connectivity index (χ1n) is 7.14. The molecule has 1 fully saturated rings. The molecule has 114 valence electrons. The lowest BCUT2D eigenvalue weighted by molar-refractivity contribution is -0.143. The molecule has 1 aromatic rings. The normalized spacial score (nSPS) is 19.2. The van der Waals surface area contributed by atoms with E-state index in [9.17, 15) is 9.59 Å². The van der Waals surface area contributed by atoms with Crippen LogP contribution in [0.1, 0.15) is 35.7 Å². The number of aliphatic carboxylic acids is 1. The van der Waals surface area contributed by atoms with Crippen molar-refractivity contribution >= 4 is 11.8 Å². The smallest absolute Gasteiger partial charge is 0.307 e. The van der Waals surface area contributed by atoms with Crippen LogP contribution < -0.4 is 4.74 Å². The van der Waals surface area contributed by atoms with Crippen molar-refractivity contribution in [3.8, 4) is 5.75 Å². The lowest BCUT2D eigenvalue weighted by Crippen LogP contribution is -2.38. The Morgan fingerprint density at radius 3 is 2.81 bits per heavy atom. The van der Waals surface area contributed by atoms with Gasteiger partial charge in [0, 0.05) is 24.2 Å². The number of carbonyl (C=O) groups excluding carboxylic acids is 1. The van der Waals surface area contributed by atoms with E-state index >= 15 is 0 Å². The summed E-state index contributed by atoms with van der Waals surface area (Å²) in [6, 6.07) is 5.39. The van der Waals surface area contributed by atoms with Crippen LogP contribution in [-0.4, -0.2) is 42.0 Å². The monoisotopic (exact) mass is 291 g/mol. The molecule has 1 aliphatic heterocycles. The molecule has 5 heteroatoms. The summed E-state index contributed by atoms with van der Waals surface area (Å²) in [4.78, 5) is 24.7. The van der Waals surface area contributed by atoms with Gasteiger partial charge in [-0.15, -0.1) is 0 Å². The number of ether oxygens (including phenoxy) is 1. The molecule has 1 heterocycles. The Bertz CT molecular complexity index is 541. The van der Waals surface area contributed by atoms with E-state index in [4.69, 9.17) is 9.84 Å². The number of methoxy groups -OCH3 is 1. The van der Waals surface area contributed by atoms with Crippen LogP contribution in [-0.2, 0) is 11.3 Å². The molecule has 5 nitrogen and oxygen atoms in total. The minimum atomic E-state index is -0.732. The molecule has 1 aromatic carbocycles. The maximum atomic E-state index is 11.5. The molecule has 1 saturated heterocycles. The SMILES string of the molecule is COc1ccc(C(C)=O)cc1CN1CCCC(C(=O)O)C1. The van der Waals surface area contributed by atoms with Crippen LogP contribution in [0.4, 0.5) is 0 Å². The Hall–Kier alpha value is -1.88. The fourth-order valence-electron chi connectivity index (χ4n) is 2.76. The Balaban J connectivity index is 2.15. The van der Waals surface area contributed by atoms with Gasteiger partial charge < -0.3 is 9.84 Å². The van der Waals surface area contributed by atoms with E-state index in [2.05, 4.69) is 4.90 Å². The van der Waals surface area contributed by atoms with E-state index in [1.807, 2.05) is 6.07 Å². The van der Waals surface area contributed by atoms with Gasteiger partial charge >= 0.3 is 5.97 Å². The second kappa shape index (κ2) is 6.72. The number of carbonyl (C=O) groups is 2. The maximum Gasteiger partial charge on any atom is 0.307 e. The quantitative estimate of drug-likeness (QED) is 0.842. The van der Waals surface area contributed by atoms with E-state index in [0.717, 1.165) is 30.7 Å². The molecular formula is C16H21NO4. The molecule has 0 spiro atoms. The Labute approximate surface area is 124 Å². The number of likely N-dealkylation sites (tertiary alicyclic amines) is 1. The van der Waals surface area contributed by atoms with E-state index in [-0.39, 0.29) is 11.7 Å². The maximum absolute atomic E-state index is 11.5. The van der Waals surface area contributed by atoms with Gasteiger partial charge in [-0.3, -0.25) is 14.5 Å². The molecule has 21 heavy (non-hydrogen) atoms. The van der Waals surface area contributed by atoms with Crippen molar-refractivity contribution in [3.63, 3.8) is 0 Å². The van der Waals surface area contributed by atoms with Crippen molar-refractivity contribution in [1.29, 1.82) is 0 Å². The molecule has 1 aliphatic rings. The summed E-state index contributed by atoms with van der Waals surface area (Å²) < 4.78 is 5.34. The lowest BCUT2D eigenvalue weighted by Gasteiger charge is -2.31.